The third-order valence-electron chi connectivity index (χ3n) is 7.11. The van der Waals surface area contributed by atoms with Crippen LogP contribution in [-0.4, -0.2) is 47.2 Å². The number of halogens is 1. The first-order chi connectivity index (χ1) is 13.4. The van der Waals surface area contributed by atoms with Crippen molar-refractivity contribution in [3.8, 4) is 0 Å². The summed E-state index contributed by atoms with van der Waals surface area (Å²) in [5, 5.41) is 0. The van der Waals surface area contributed by atoms with Crippen LogP contribution in [-0.2, 0) is 19.8 Å². The van der Waals surface area contributed by atoms with Gasteiger partial charge in [0.15, 0.2) is 0 Å². The smallest absolute Gasteiger partial charge is 0.240 e. The highest BCUT2D eigenvalue weighted by atomic mass is 19.1. The molecule has 6 heteroatoms. The molecule has 0 aromatic heterocycles. The maximum absolute atomic E-state index is 14.0. The van der Waals surface area contributed by atoms with Crippen molar-refractivity contribution in [2.24, 2.45) is 10.8 Å². The summed E-state index contributed by atoms with van der Waals surface area (Å²) in [6, 6.07) is 5.92. The first-order valence-corrected chi connectivity index (χ1v) is 10.3. The molecule has 1 aromatic carbocycles. The van der Waals surface area contributed by atoms with Gasteiger partial charge in [-0.15, -0.1) is 0 Å². The van der Waals surface area contributed by atoms with Crippen LogP contribution in [0.4, 0.5) is 4.39 Å². The van der Waals surface area contributed by atoms with Gasteiger partial charge in [0, 0.05) is 32.5 Å². The fourth-order valence-electron chi connectivity index (χ4n) is 6.25. The molecule has 3 atom stereocenters. The Hall–Kier alpha value is -2.24. The number of carbonyl (C=O) groups is 3. The van der Waals surface area contributed by atoms with Crippen molar-refractivity contribution < 1.29 is 18.8 Å². The highest BCUT2D eigenvalue weighted by Gasteiger charge is 2.56. The average Bonchev–Trinajstić information content (AvgIpc) is 2.99. The molecule has 2 bridgehead atoms. The summed E-state index contributed by atoms with van der Waals surface area (Å²) in [5.41, 5.74) is -0.660. The Morgan fingerprint density at radius 1 is 1.21 bits per heavy atom. The highest BCUT2D eigenvalue weighted by Crippen LogP contribution is 2.53. The maximum atomic E-state index is 14.0. The zero-order valence-corrected chi connectivity index (χ0v) is 17.6. The molecule has 0 unspecified atom stereocenters. The van der Waals surface area contributed by atoms with Gasteiger partial charge in [-0.25, -0.2) is 4.39 Å². The number of carbonyl (C=O) groups excluding carboxylic acids is 3. The van der Waals surface area contributed by atoms with Gasteiger partial charge >= 0.3 is 0 Å². The van der Waals surface area contributed by atoms with Crippen molar-refractivity contribution in [2.45, 2.75) is 64.3 Å². The molecule has 3 aliphatic rings. The summed E-state index contributed by atoms with van der Waals surface area (Å²) >= 11 is 0. The monoisotopic (exact) mass is 400 g/mol. The molecular formula is C23H29FN2O3. The zero-order valence-electron chi connectivity index (χ0n) is 17.6. The summed E-state index contributed by atoms with van der Waals surface area (Å²) in [5.74, 6) is -1.34. The summed E-state index contributed by atoms with van der Waals surface area (Å²) < 4.78 is 14.0. The number of likely N-dealkylation sites (N-methyl/N-ethyl adjacent to an activating group) is 1. The highest BCUT2D eigenvalue weighted by molar-refractivity contribution is 6.10. The second kappa shape index (κ2) is 6.38. The lowest BCUT2D eigenvalue weighted by atomic mass is 9.65. The topological polar surface area (TPSA) is 57.7 Å². The molecular weight excluding hydrogens is 371 g/mol. The number of amides is 3. The fraction of sp³-hybridized carbons (Fsp3) is 0.609. The van der Waals surface area contributed by atoms with E-state index in [4.69, 9.17) is 0 Å². The number of rotatable bonds is 3. The van der Waals surface area contributed by atoms with Crippen molar-refractivity contribution in [3.63, 3.8) is 0 Å². The van der Waals surface area contributed by atoms with Crippen LogP contribution < -0.4 is 0 Å². The molecule has 4 rings (SSSR count). The summed E-state index contributed by atoms with van der Waals surface area (Å²) in [4.78, 5) is 41.9. The van der Waals surface area contributed by atoms with Crippen LogP contribution in [0.15, 0.2) is 24.3 Å². The predicted octanol–water partition coefficient (Wildman–Crippen LogP) is 3.27. The van der Waals surface area contributed by atoms with E-state index >= 15 is 0 Å². The maximum Gasteiger partial charge on any atom is 0.240 e. The van der Waals surface area contributed by atoms with E-state index in [0.717, 1.165) is 24.2 Å². The van der Waals surface area contributed by atoms with Crippen molar-refractivity contribution in [1.82, 2.24) is 9.80 Å². The zero-order chi connectivity index (χ0) is 21.2. The van der Waals surface area contributed by atoms with E-state index in [1.165, 1.54) is 25.2 Å². The molecule has 3 fully saturated rings. The molecule has 0 radical (unpaired) electrons. The second-order valence-corrected chi connectivity index (χ2v) is 10.4. The number of imide groups is 1. The van der Waals surface area contributed by atoms with Crippen molar-refractivity contribution in [3.05, 3.63) is 35.6 Å². The number of fused-ring (bicyclic) bond motifs is 2. The molecule has 0 N–H and O–H groups in total. The standard InChI is InChI=1S/C23H29FN2O3/c1-21(2)9-17-10-22(3,13-21)14-26(17)19(28)12-23(11-18(27)25(4)20(23)29)15-6-5-7-16(24)8-15/h5-8,17H,9-14H2,1-4H3/t17-,22+,23+/m1/s1. The molecule has 0 spiro atoms. The summed E-state index contributed by atoms with van der Waals surface area (Å²) in [7, 11) is 1.43. The van der Waals surface area contributed by atoms with Crippen LogP contribution in [0.1, 0.15) is 58.4 Å². The van der Waals surface area contributed by atoms with Gasteiger partial charge in [-0.05, 0) is 47.8 Å². The Balaban J connectivity index is 1.67. The number of likely N-dealkylation sites (tertiary alicyclic amines) is 2. The van der Waals surface area contributed by atoms with E-state index in [9.17, 15) is 18.8 Å². The molecule has 3 amide bonds. The van der Waals surface area contributed by atoms with Gasteiger partial charge in [0.1, 0.15) is 5.82 Å². The quantitative estimate of drug-likeness (QED) is 0.732. The summed E-state index contributed by atoms with van der Waals surface area (Å²) in [6.45, 7) is 7.40. The van der Waals surface area contributed by atoms with Crippen LogP contribution in [0.2, 0.25) is 0 Å². The van der Waals surface area contributed by atoms with E-state index in [2.05, 4.69) is 20.8 Å². The van der Waals surface area contributed by atoms with E-state index in [-0.39, 0.29) is 41.5 Å². The number of benzene rings is 1. The van der Waals surface area contributed by atoms with Gasteiger partial charge in [-0.2, -0.15) is 0 Å². The van der Waals surface area contributed by atoms with Gasteiger partial charge in [0.25, 0.3) is 0 Å². The second-order valence-electron chi connectivity index (χ2n) is 10.4. The predicted molar refractivity (Wildman–Crippen MR) is 106 cm³/mol. The normalized spacial score (nSPS) is 33.5. The third kappa shape index (κ3) is 3.26. The van der Waals surface area contributed by atoms with Crippen molar-refractivity contribution in [1.29, 1.82) is 0 Å². The average molecular weight is 400 g/mol. The van der Waals surface area contributed by atoms with Gasteiger partial charge < -0.3 is 4.90 Å². The Bertz CT molecular complexity index is 898. The van der Waals surface area contributed by atoms with Gasteiger partial charge in [-0.3, -0.25) is 19.3 Å². The van der Waals surface area contributed by atoms with Crippen LogP contribution in [0.3, 0.4) is 0 Å². The number of hydrogen-bond donors (Lipinski definition) is 0. The van der Waals surface area contributed by atoms with Crippen molar-refractivity contribution >= 4 is 17.7 Å². The lowest BCUT2D eigenvalue weighted by Gasteiger charge is -2.39. The van der Waals surface area contributed by atoms with E-state index in [0.29, 0.717) is 12.1 Å². The largest absolute Gasteiger partial charge is 0.339 e. The first kappa shape index (κ1) is 20.0. The van der Waals surface area contributed by atoms with Gasteiger partial charge in [-0.1, -0.05) is 32.9 Å². The molecule has 2 saturated heterocycles. The van der Waals surface area contributed by atoms with Gasteiger partial charge in [0.2, 0.25) is 17.7 Å². The molecule has 156 valence electrons. The minimum absolute atomic E-state index is 0.0837. The third-order valence-corrected chi connectivity index (χ3v) is 7.11. The van der Waals surface area contributed by atoms with Gasteiger partial charge in [0.05, 0.1) is 5.41 Å². The Kier molecular flexibility index (Phi) is 4.41. The Morgan fingerprint density at radius 2 is 1.93 bits per heavy atom. The van der Waals surface area contributed by atoms with E-state index < -0.39 is 17.1 Å². The molecule has 5 nitrogen and oxygen atoms in total. The SMILES string of the molecule is CN1C(=O)C[C@](CC(=O)N2C[C@@]3(C)C[C@H]2CC(C)(C)C3)(c2cccc(F)c2)C1=O. The van der Waals surface area contributed by atoms with Crippen LogP contribution in [0.5, 0.6) is 0 Å². The lowest BCUT2D eigenvalue weighted by Crippen LogP contribution is -2.44. The molecule has 1 aromatic rings. The first-order valence-electron chi connectivity index (χ1n) is 10.3. The molecule has 2 heterocycles. The number of hydrogen-bond acceptors (Lipinski definition) is 3. The molecule has 1 saturated carbocycles. The molecule has 2 aliphatic heterocycles. The molecule has 29 heavy (non-hydrogen) atoms. The number of nitrogens with zero attached hydrogens (tertiary/aromatic N) is 2. The summed E-state index contributed by atoms with van der Waals surface area (Å²) in [6.07, 6.45) is 2.78. The fourth-order valence-corrected chi connectivity index (χ4v) is 6.25. The van der Waals surface area contributed by atoms with Crippen molar-refractivity contribution in [2.75, 3.05) is 13.6 Å². The Labute approximate surface area is 171 Å². The lowest BCUT2D eigenvalue weighted by molar-refractivity contribution is -0.141. The van der Waals surface area contributed by atoms with E-state index in [1.54, 1.807) is 6.07 Å². The minimum Gasteiger partial charge on any atom is -0.339 e. The minimum atomic E-state index is -1.32. The van der Waals surface area contributed by atoms with Crippen LogP contribution in [0.25, 0.3) is 0 Å². The van der Waals surface area contributed by atoms with Crippen LogP contribution >= 0.6 is 0 Å². The van der Waals surface area contributed by atoms with Crippen LogP contribution in [0, 0.1) is 16.6 Å². The van der Waals surface area contributed by atoms with E-state index in [1.807, 2.05) is 4.90 Å². The molecule has 1 aliphatic carbocycles. The Morgan fingerprint density at radius 3 is 2.55 bits per heavy atom.